The fraction of sp³-hybridized carbons (Fsp3) is 1.00. The van der Waals surface area contributed by atoms with Crippen LogP contribution in [0.15, 0.2) is 0 Å². The van der Waals surface area contributed by atoms with E-state index >= 15 is 0 Å². The molecule has 0 rings (SSSR count). The van der Waals surface area contributed by atoms with E-state index in [9.17, 15) is 5.11 Å². The first kappa shape index (κ1) is 11.9. The van der Waals surface area contributed by atoms with Gasteiger partial charge in [0.25, 0.3) is 0 Å². The third kappa shape index (κ3) is 6.58. The topological polar surface area (TPSA) is 29.5 Å². The van der Waals surface area contributed by atoms with Crippen LogP contribution in [0, 0.1) is 5.92 Å². The molecule has 3 heteroatoms. The van der Waals surface area contributed by atoms with Crippen LogP contribution in [0.25, 0.3) is 0 Å². The Hall–Kier alpha value is -0.120. The van der Waals surface area contributed by atoms with Crippen LogP contribution in [0.1, 0.15) is 13.8 Å². The number of rotatable bonds is 5. The average molecular weight is 176 g/mol. The van der Waals surface area contributed by atoms with Gasteiger partial charge in [-0.15, -0.1) is 0 Å². The highest BCUT2D eigenvalue weighted by atomic mass is 16.6. The fourth-order valence-corrected chi connectivity index (χ4v) is 0.640. The van der Waals surface area contributed by atoms with Crippen LogP contribution in [-0.4, -0.2) is 50.2 Å². The van der Waals surface area contributed by atoms with Crippen LogP contribution >= 0.6 is 0 Å². The lowest BCUT2D eigenvalue weighted by atomic mass is 10.2. The summed E-state index contributed by atoms with van der Waals surface area (Å²) in [5, 5.41) is 9.29. The minimum atomic E-state index is -0.614. The minimum Gasteiger partial charge on any atom is -0.368 e. The molecule has 0 aliphatic rings. The fourth-order valence-electron chi connectivity index (χ4n) is 0.640. The SMILES string of the molecule is CC(C)C(O)OCC[N+](C)(C)C. The van der Waals surface area contributed by atoms with Crippen molar-refractivity contribution >= 4 is 0 Å². The van der Waals surface area contributed by atoms with E-state index in [0.717, 1.165) is 11.0 Å². The number of nitrogens with zero attached hydrogens (tertiary/aromatic N) is 1. The second kappa shape index (κ2) is 4.80. The van der Waals surface area contributed by atoms with Gasteiger partial charge < -0.3 is 14.3 Å². The van der Waals surface area contributed by atoms with E-state index in [0.29, 0.717) is 6.61 Å². The molecule has 0 spiro atoms. The smallest absolute Gasteiger partial charge is 0.157 e. The number of aliphatic hydroxyl groups is 1. The molecule has 0 aliphatic heterocycles. The van der Waals surface area contributed by atoms with Crippen LogP contribution in [0.2, 0.25) is 0 Å². The molecule has 1 N–H and O–H groups in total. The van der Waals surface area contributed by atoms with E-state index in [4.69, 9.17) is 4.74 Å². The maximum Gasteiger partial charge on any atom is 0.157 e. The molecular formula is C9H22NO2+. The Morgan fingerprint density at radius 3 is 2.08 bits per heavy atom. The summed E-state index contributed by atoms with van der Waals surface area (Å²) in [4.78, 5) is 0. The first-order valence-corrected chi connectivity index (χ1v) is 4.43. The number of ether oxygens (including phenoxy) is 1. The number of quaternary nitrogens is 1. The van der Waals surface area contributed by atoms with E-state index in [1.165, 1.54) is 0 Å². The molecule has 0 bridgehead atoms. The second-order valence-corrected chi connectivity index (χ2v) is 4.52. The molecule has 0 aromatic carbocycles. The van der Waals surface area contributed by atoms with Crippen LogP contribution in [-0.2, 0) is 4.74 Å². The van der Waals surface area contributed by atoms with Crippen molar-refractivity contribution in [2.24, 2.45) is 5.92 Å². The summed E-state index contributed by atoms with van der Waals surface area (Å²) in [5.41, 5.74) is 0. The maximum absolute atomic E-state index is 9.29. The zero-order valence-electron chi connectivity index (χ0n) is 8.87. The van der Waals surface area contributed by atoms with E-state index in [-0.39, 0.29) is 5.92 Å². The average Bonchev–Trinajstić information content (AvgIpc) is 1.84. The molecule has 74 valence electrons. The summed E-state index contributed by atoms with van der Waals surface area (Å²) in [6, 6.07) is 0. The Kier molecular flexibility index (Phi) is 4.75. The molecule has 0 aromatic heterocycles. The molecule has 3 nitrogen and oxygen atoms in total. The van der Waals surface area contributed by atoms with Gasteiger partial charge in [0.2, 0.25) is 0 Å². The van der Waals surface area contributed by atoms with Crippen LogP contribution in [0.3, 0.4) is 0 Å². The predicted octanol–water partition coefficient (Wildman–Crippen LogP) is 0.684. The summed E-state index contributed by atoms with van der Waals surface area (Å²) in [5.74, 6) is 0.178. The lowest BCUT2D eigenvalue weighted by Crippen LogP contribution is -2.38. The Morgan fingerprint density at radius 2 is 1.75 bits per heavy atom. The number of hydrogen-bond donors (Lipinski definition) is 1. The third-order valence-corrected chi connectivity index (χ3v) is 1.62. The zero-order valence-corrected chi connectivity index (χ0v) is 8.87. The highest BCUT2D eigenvalue weighted by Crippen LogP contribution is 2.02. The first-order valence-electron chi connectivity index (χ1n) is 4.43. The molecule has 1 unspecified atom stereocenters. The summed E-state index contributed by atoms with van der Waals surface area (Å²) in [7, 11) is 6.31. The van der Waals surface area contributed by atoms with Gasteiger partial charge >= 0.3 is 0 Å². The van der Waals surface area contributed by atoms with Crippen molar-refractivity contribution in [3.63, 3.8) is 0 Å². The van der Waals surface area contributed by atoms with E-state index < -0.39 is 6.29 Å². The quantitative estimate of drug-likeness (QED) is 0.493. The van der Waals surface area contributed by atoms with Crippen molar-refractivity contribution in [1.29, 1.82) is 0 Å². The molecule has 0 heterocycles. The molecule has 0 saturated heterocycles. The normalized spacial score (nSPS) is 15.2. The second-order valence-electron chi connectivity index (χ2n) is 4.52. The van der Waals surface area contributed by atoms with Crippen LogP contribution < -0.4 is 0 Å². The standard InChI is InChI=1S/C9H22NO2/c1-8(2)9(11)12-7-6-10(3,4)5/h8-9,11H,6-7H2,1-5H3/q+1. The molecule has 12 heavy (non-hydrogen) atoms. The molecule has 0 aliphatic carbocycles. The Bertz CT molecular complexity index is 118. The lowest BCUT2D eigenvalue weighted by Gasteiger charge is -2.25. The van der Waals surface area contributed by atoms with Crippen molar-refractivity contribution in [3.8, 4) is 0 Å². The molecule has 0 amide bonds. The summed E-state index contributed by atoms with van der Waals surface area (Å²) in [6.07, 6.45) is -0.614. The zero-order chi connectivity index (χ0) is 9.78. The first-order chi connectivity index (χ1) is 5.33. The maximum atomic E-state index is 9.29. The third-order valence-electron chi connectivity index (χ3n) is 1.62. The Morgan fingerprint density at radius 1 is 1.25 bits per heavy atom. The number of hydrogen-bond acceptors (Lipinski definition) is 2. The van der Waals surface area contributed by atoms with Crippen LogP contribution in [0.5, 0.6) is 0 Å². The predicted molar refractivity (Wildman–Crippen MR) is 49.7 cm³/mol. The molecule has 0 aromatic rings. The van der Waals surface area contributed by atoms with Crippen molar-refractivity contribution in [2.45, 2.75) is 20.1 Å². The lowest BCUT2D eigenvalue weighted by molar-refractivity contribution is -0.871. The van der Waals surface area contributed by atoms with E-state index in [2.05, 4.69) is 21.1 Å². The van der Waals surface area contributed by atoms with Crippen LogP contribution in [0.4, 0.5) is 0 Å². The van der Waals surface area contributed by atoms with E-state index in [1.54, 1.807) is 0 Å². The Labute approximate surface area is 75.5 Å². The monoisotopic (exact) mass is 176 g/mol. The van der Waals surface area contributed by atoms with Crippen molar-refractivity contribution in [1.82, 2.24) is 0 Å². The Balaban J connectivity index is 3.44. The van der Waals surface area contributed by atoms with Gasteiger partial charge in [0.15, 0.2) is 6.29 Å². The van der Waals surface area contributed by atoms with Crippen molar-refractivity contribution in [3.05, 3.63) is 0 Å². The molecule has 0 saturated carbocycles. The van der Waals surface area contributed by atoms with Gasteiger partial charge in [-0.05, 0) is 0 Å². The summed E-state index contributed by atoms with van der Waals surface area (Å²) < 4.78 is 6.09. The minimum absolute atomic E-state index is 0.178. The van der Waals surface area contributed by atoms with E-state index in [1.807, 2.05) is 13.8 Å². The van der Waals surface area contributed by atoms with Gasteiger partial charge in [0, 0.05) is 5.92 Å². The summed E-state index contributed by atoms with van der Waals surface area (Å²) >= 11 is 0. The van der Waals surface area contributed by atoms with Crippen molar-refractivity contribution < 1.29 is 14.3 Å². The highest BCUT2D eigenvalue weighted by Gasteiger charge is 2.11. The van der Waals surface area contributed by atoms with Crippen molar-refractivity contribution in [2.75, 3.05) is 34.3 Å². The molecule has 0 radical (unpaired) electrons. The van der Waals surface area contributed by atoms with Gasteiger partial charge in [0.1, 0.15) is 6.54 Å². The van der Waals surface area contributed by atoms with Gasteiger partial charge in [-0.25, -0.2) is 0 Å². The number of aliphatic hydroxyl groups excluding tert-OH is 1. The largest absolute Gasteiger partial charge is 0.368 e. The molecule has 1 atom stereocenters. The highest BCUT2D eigenvalue weighted by molar-refractivity contribution is 4.46. The molecular weight excluding hydrogens is 154 g/mol. The number of likely N-dealkylation sites (N-methyl/N-ethyl adjacent to an activating group) is 1. The van der Waals surface area contributed by atoms with Gasteiger partial charge in [-0.2, -0.15) is 0 Å². The van der Waals surface area contributed by atoms with Gasteiger partial charge in [-0.1, -0.05) is 13.8 Å². The summed E-state index contributed by atoms with van der Waals surface area (Å²) in [6.45, 7) is 5.42. The van der Waals surface area contributed by atoms with Gasteiger partial charge in [0.05, 0.1) is 27.7 Å². The van der Waals surface area contributed by atoms with Gasteiger partial charge in [-0.3, -0.25) is 0 Å². The molecule has 0 fully saturated rings.